The van der Waals surface area contributed by atoms with Crippen LogP contribution in [-0.2, 0) is 5.75 Å². The van der Waals surface area contributed by atoms with Gasteiger partial charge >= 0.3 is 0 Å². The summed E-state index contributed by atoms with van der Waals surface area (Å²) in [5.74, 6) is 2.22. The van der Waals surface area contributed by atoms with Crippen LogP contribution in [0.4, 0.5) is 0 Å². The Morgan fingerprint density at radius 2 is 1.73 bits per heavy atom. The number of nitrogens with zero attached hydrogens (tertiary/aromatic N) is 4. The monoisotopic (exact) mass is 458 g/mol. The molecule has 168 valence electrons. The molecule has 7 heteroatoms. The van der Waals surface area contributed by atoms with Gasteiger partial charge in [-0.15, -0.1) is 10.2 Å². The third-order valence-electron chi connectivity index (χ3n) is 5.22. The van der Waals surface area contributed by atoms with E-state index in [4.69, 9.17) is 4.74 Å². The maximum absolute atomic E-state index is 12.3. The van der Waals surface area contributed by atoms with Gasteiger partial charge in [-0.3, -0.25) is 9.36 Å². The molecule has 0 aliphatic heterocycles. The lowest BCUT2D eigenvalue weighted by atomic mass is 10.1. The van der Waals surface area contributed by atoms with Crippen LogP contribution in [0.15, 0.2) is 78.0 Å². The van der Waals surface area contributed by atoms with Crippen molar-refractivity contribution in [1.82, 2.24) is 19.7 Å². The Morgan fingerprint density at radius 3 is 2.39 bits per heavy atom. The van der Waals surface area contributed by atoms with Crippen LogP contribution in [0.5, 0.6) is 5.75 Å². The molecule has 4 rings (SSSR count). The van der Waals surface area contributed by atoms with Crippen LogP contribution in [0, 0.1) is 6.92 Å². The molecule has 0 N–H and O–H groups in total. The number of hydrogen-bond acceptors (Lipinski definition) is 5. The Morgan fingerprint density at radius 1 is 1.00 bits per heavy atom. The van der Waals surface area contributed by atoms with Crippen LogP contribution in [0.2, 0.25) is 0 Å². The molecule has 1 aromatic heterocycles. The molecule has 1 amide bonds. The van der Waals surface area contributed by atoms with Gasteiger partial charge in [-0.25, -0.2) is 0 Å². The van der Waals surface area contributed by atoms with Gasteiger partial charge < -0.3 is 9.64 Å². The van der Waals surface area contributed by atoms with Crippen LogP contribution in [-0.4, -0.2) is 46.8 Å². The number of carbonyl (C=O) groups is 1. The molecule has 4 aromatic rings. The standard InChI is InChI=1S/C26H26N4O2S/c1-18-8-12-22(13-9-18)30-24(20-10-14-23(32-4)15-11-20)27-28-26(30)33-17-19-6-5-7-21(16-19)25(31)29(2)3/h5-16H,17H2,1-4H3. The number of carbonyl (C=O) groups excluding carboxylic acids is 1. The van der Waals surface area contributed by atoms with E-state index < -0.39 is 0 Å². The fourth-order valence-corrected chi connectivity index (χ4v) is 4.31. The molecule has 0 spiro atoms. The smallest absolute Gasteiger partial charge is 0.253 e. The second kappa shape index (κ2) is 9.92. The normalized spacial score (nSPS) is 10.8. The number of ether oxygens (including phenoxy) is 1. The Bertz CT molecular complexity index is 1250. The number of aromatic nitrogens is 3. The fourth-order valence-electron chi connectivity index (χ4n) is 3.42. The Hall–Kier alpha value is -3.58. The van der Waals surface area contributed by atoms with Crippen molar-refractivity contribution in [1.29, 1.82) is 0 Å². The van der Waals surface area contributed by atoms with Crippen LogP contribution < -0.4 is 4.74 Å². The lowest BCUT2D eigenvalue weighted by molar-refractivity contribution is 0.0827. The first-order chi connectivity index (χ1) is 16.0. The van der Waals surface area contributed by atoms with E-state index in [-0.39, 0.29) is 5.91 Å². The summed E-state index contributed by atoms with van der Waals surface area (Å²) in [6.45, 7) is 2.07. The number of methoxy groups -OCH3 is 1. The minimum atomic E-state index is -0.00790. The summed E-state index contributed by atoms with van der Waals surface area (Å²) < 4.78 is 7.36. The first-order valence-electron chi connectivity index (χ1n) is 10.6. The number of rotatable bonds is 7. The van der Waals surface area contributed by atoms with E-state index in [1.807, 2.05) is 48.5 Å². The largest absolute Gasteiger partial charge is 0.497 e. The van der Waals surface area contributed by atoms with Crippen molar-refractivity contribution in [2.45, 2.75) is 17.8 Å². The number of aryl methyl sites for hydroxylation is 1. The van der Waals surface area contributed by atoms with Gasteiger partial charge in [0.15, 0.2) is 11.0 Å². The van der Waals surface area contributed by atoms with Crippen molar-refractivity contribution in [3.05, 3.63) is 89.5 Å². The summed E-state index contributed by atoms with van der Waals surface area (Å²) in [5.41, 5.74) is 4.87. The van der Waals surface area contributed by atoms with Crippen molar-refractivity contribution < 1.29 is 9.53 Å². The summed E-state index contributed by atoms with van der Waals surface area (Å²) in [5, 5.41) is 9.80. The summed E-state index contributed by atoms with van der Waals surface area (Å²) >= 11 is 1.59. The zero-order valence-electron chi connectivity index (χ0n) is 19.1. The van der Waals surface area contributed by atoms with E-state index >= 15 is 0 Å². The molecule has 0 unspecified atom stereocenters. The summed E-state index contributed by atoms with van der Waals surface area (Å²) in [6.07, 6.45) is 0. The highest BCUT2D eigenvalue weighted by atomic mass is 32.2. The lowest BCUT2D eigenvalue weighted by Gasteiger charge is -2.12. The second-order valence-corrected chi connectivity index (χ2v) is 8.84. The van der Waals surface area contributed by atoms with E-state index in [0.29, 0.717) is 11.3 Å². The molecule has 0 saturated heterocycles. The zero-order valence-corrected chi connectivity index (χ0v) is 20.0. The van der Waals surface area contributed by atoms with Crippen LogP contribution in [0.1, 0.15) is 21.5 Å². The second-order valence-electron chi connectivity index (χ2n) is 7.89. The Labute approximate surface area is 198 Å². The summed E-state index contributed by atoms with van der Waals surface area (Å²) in [4.78, 5) is 13.9. The van der Waals surface area contributed by atoms with Crippen LogP contribution >= 0.6 is 11.8 Å². The maximum Gasteiger partial charge on any atom is 0.253 e. The van der Waals surface area contributed by atoms with Crippen molar-refractivity contribution in [2.24, 2.45) is 0 Å². The molecule has 0 radical (unpaired) electrons. The van der Waals surface area contributed by atoms with Gasteiger partial charge in [0.25, 0.3) is 5.91 Å². The van der Waals surface area contributed by atoms with Gasteiger partial charge in [-0.2, -0.15) is 0 Å². The molecular formula is C26H26N4O2S. The van der Waals surface area contributed by atoms with Gasteiger partial charge in [0, 0.05) is 36.7 Å². The SMILES string of the molecule is COc1ccc(-c2nnc(SCc3cccc(C(=O)N(C)C)c3)n2-c2ccc(C)cc2)cc1. The molecular weight excluding hydrogens is 432 g/mol. The van der Waals surface area contributed by atoms with E-state index in [1.165, 1.54) is 5.56 Å². The predicted molar refractivity (Wildman–Crippen MR) is 132 cm³/mol. The zero-order chi connectivity index (χ0) is 23.4. The van der Waals surface area contributed by atoms with Gasteiger partial charge in [-0.05, 0) is 61.0 Å². The van der Waals surface area contributed by atoms with Crippen molar-refractivity contribution in [3.63, 3.8) is 0 Å². The third-order valence-corrected chi connectivity index (χ3v) is 6.22. The molecule has 0 aliphatic carbocycles. The lowest BCUT2D eigenvalue weighted by Crippen LogP contribution is -2.21. The Balaban J connectivity index is 1.67. The van der Waals surface area contributed by atoms with E-state index in [1.54, 1.807) is 37.9 Å². The average Bonchev–Trinajstić information content (AvgIpc) is 3.27. The van der Waals surface area contributed by atoms with Crippen molar-refractivity contribution in [2.75, 3.05) is 21.2 Å². The number of thioether (sulfide) groups is 1. The van der Waals surface area contributed by atoms with Crippen molar-refractivity contribution >= 4 is 17.7 Å². The predicted octanol–water partition coefficient (Wildman–Crippen LogP) is 5.25. The third kappa shape index (κ3) is 5.09. The first-order valence-corrected chi connectivity index (χ1v) is 11.5. The minimum absolute atomic E-state index is 0.00790. The van der Waals surface area contributed by atoms with Crippen molar-refractivity contribution in [3.8, 4) is 22.8 Å². The fraction of sp³-hybridized carbons (Fsp3) is 0.192. The van der Waals surface area contributed by atoms with Crippen LogP contribution in [0.3, 0.4) is 0 Å². The summed E-state index contributed by atoms with van der Waals surface area (Å²) in [6, 6.07) is 23.8. The van der Waals surface area contributed by atoms with Gasteiger partial charge in [0.1, 0.15) is 5.75 Å². The topological polar surface area (TPSA) is 60.3 Å². The molecule has 0 saturated carbocycles. The molecule has 6 nitrogen and oxygen atoms in total. The molecule has 0 bridgehead atoms. The highest BCUT2D eigenvalue weighted by molar-refractivity contribution is 7.98. The Kier molecular flexibility index (Phi) is 6.79. The average molecular weight is 459 g/mol. The first kappa shape index (κ1) is 22.6. The molecule has 3 aromatic carbocycles. The summed E-state index contributed by atoms with van der Waals surface area (Å²) in [7, 11) is 5.17. The quantitative estimate of drug-likeness (QED) is 0.354. The van der Waals surface area contributed by atoms with E-state index in [0.717, 1.165) is 33.5 Å². The maximum atomic E-state index is 12.3. The van der Waals surface area contributed by atoms with Crippen LogP contribution in [0.25, 0.3) is 17.1 Å². The molecule has 33 heavy (non-hydrogen) atoms. The molecule has 0 fully saturated rings. The van der Waals surface area contributed by atoms with E-state index in [9.17, 15) is 4.79 Å². The van der Waals surface area contributed by atoms with Gasteiger partial charge in [0.2, 0.25) is 0 Å². The highest BCUT2D eigenvalue weighted by Crippen LogP contribution is 2.31. The van der Waals surface area contributed by atoms with Gasteiger partial charge in [-0.1, -0.05) is 41.6 Å². The minimum Gasteiger partial charge on any atom is -0.497 e. The number of amides is 1. The van der Waals surface area contributed by atoms with E-state index in [2.05, 4.69) is 46.0 Å². The molecule has 1 heterocycles. The molecule has 0 atom stereocenters. The highest BCUT2D eigenvalue weighted by Gasteiger charge is 2.17. The number of hydrogen-bond donors (Lipinski definition) is 0. The number of benzene rings is 3. The van der Waals surface area contributed by atoms with Gasteiger partial charge in [0.05, 0.1) is 7.11 Å². The molecule has 0 aliphatic rings.